The molecule has 2 saturated heterocycles. The fourth-order valence-corrected chi connectivity index (χ4v) is 2.64. The van der Waals surface area contributed by atoms with Gasteiger partial charge in [0.25, 0.3) is 0 Å². The van der Waals surface area contributed by atoms with Crippen molar-refractivity contribution >= 4 is 6.09 Å². The van der Waals surface area contributed by atoms with Crippen molar-refractivity contribution in [2.75, 3.05) is 13.1 Å². The number of piperidine rings is 1. The van der Waals surface area contributed by atoms with Crippen molar-refractivity contribution in [1.82, 2.24) is 10.2 Å². The third-order valence-electron chi connectivity index (χ3n) is 3.52. The number of hydrogen-bond acceptors (Lipinski definition) is 3. The van der Waals surface area contributed by atoms with Crippen molar-refractivity contribution in [3.05, 3.63) is 35.6 Å². The molecule has 18 heavy (non-hydrogen) atoms. The fraction of sp³-hybridized carbons (Fsp3) is 0.462. The lowest BCUT2D eigenvalue weighted by Crippen LogP contribution is -2.47. The molecule has 1 amide bonds. The Morgan fingerprint density at radius 1 is 1.50 bits per heavy atom. The zero-order valence-corrected chi connectivity index (χ0v) is 9.93. The highest BCUT2D eigenvalue weighted by Gasteiger charge is 2.42. The van der Waals surface area contributed by atoms with Crippen LogP contribution in [-0.4, -0.2) is 36.2 Å². The predicted octanol–water partition coefficient (Wildman–Crippen LogP) is 1.51. The van der Waals surface area contributed by atoms with E-state index in [9.17, 15) is 9.18 Å². The van der Waals surface area contributed by atoms with Gasteiger partial charge < -0.3 is 10.1 Å². The van der Waals surface area contributed by atoms with Crippen LogP contribution in [0.2, 0.25) is 0 Å². The standard InChI is InChI=1S/C13H15FN2O2/c14-10-3-1-2-9(6-10)8-16-11-4-5-15-7-12(11)18-13(16)17/h1-3,6,11-12,15H,4-5,7-8H2. The average molecular weight is 250 g/mol. The summed E-state index contributed by atoms with van der Waals surface area (Å²) in [7, 11) is 0. The minimum absolute atomic E-state index is 0.0696. The summed E-state index contributed by atoms with van der Waals surface area (Å²) in [5.74, 6) is -0.276. The Morgan fingerprint density at radius 2 is 2.39 bits per heavy atom. The largest absolute Gasteiger partial charge is 0.443 e. The summed E-state index contributed by atoms with van der Waals surface area (Å²) in [6, 6.07) is 6.46. The van der Waals surface area contributed by atoms with E-state index < -0.39 is 0 Å². The van der Waals surface area contributed by atoms with Gasteiger partial charge in [-0.1, -0.05) is 12.1 Å². The number of carbonyl (C=O) groups is 1. The molecule has 3 rings (SSSR count). The topological polar surface area (TPSA) is 41.6 Å². The number of halogens is 1. The van der Waals surface area contributed by atoms with Gasteiger partial charge in [-0.25, -0.2) is 9.18 Å². The van der Waals surface area contributed by atoms with E-state index in [-0.39, 0.29) is 24.1 Å². The first-order valence-corrected chi connectivity index (χ1v) is 6.16. The SMILES string of the molecule is O=C1OC2CNCCC2N1Cc1cccc(F)c1. The van der Waals surface area contributed by atoms with Crippen LogP contribution in [0.4, 0.5) is 9.18 Å². The Kier molecular flexibility index (Phi) is 2.91. The van der Waals surface area contributed by atoms with E-state index in [2.05, 4.69) is 5.32 Å². The molecule has 0 saturated carbocycles. The molecule has 0 aromatic heterocycles. The molecule has 2 unspecified atom stereocenters. The van der Waals surface area contributed by atoms with Crippen molar-refractivity contribution in [2.45, 2.75) is 25.1 Å². The van der Waals surface area contributed by atoms with Gasteiger partial charge in [0, 0.05) is 13.1 Å². The van der Waals surface area contributed by atoms with Gasteiger partial charge in [0.05, 0.1) is 6.04 Å². The number of nitrogens with one attached hydrogen (secondary N) is 1. The Hall–Kier alpha value is -1.62. The predicted molar refractivity (Wildman–Crippen MR) is 63.5 cm³/mol. The highest BCUT2D eigenvalue weighted by atomic mass is 19.1. The molecule has 1 aromatic carbocycles. The number of carbonyl (C=O) groups excluding carboxylic acids is 1. The number of amides is 1. The molecule has 5 heteroatoms. The van der Waals surface area contributed by atoms with Gasteiger partial charge >= 0.3 is 6.09 Å². The van der Waals surface area contributed by atoms with Crippen LogP contribution in [0.3, 0.4) is 0 Å². The first kappa shape index (κ1) is 11.5. The summed E-state index contributed by atoms with van der Waals surface area (Å²) >= 11 is 0. The van der Waals surface area contributed by atoms with E-state index in [4.69, 9.17) is 4.74 Å². The lowest BCUT2D eigenvalue weighted by molar-refractivity contribution is 0.121. The van der Waals surface area contributed by atoms with Crippen molar-refractivity contribution < 1.29 is 13.9 Å². The van der Waals surface area contributed by atoms with Crippen LogP contribution in [0.25, 0.3) is 0 Å². The van der Waals surface area contributed by atoms with Crippen LogP contribution >= 0.6 is 0 Å². The number of nitrogens with zero attached hydrogens (tertiary/aromatic N) is 1. The second-order valence-electron chi connectivity index (χ2n) is 4.74. The van der Waals surface area contributed by atoms with Crippen LogP contribution < -0.4 is 5.32 Å². The maximum Gasteiger partial charge on any atom is 0.410 e. The summed E-state index contributed by atoms with van der Waals surface area (Å²) in [5.41, 5.74) is 0.797. The molecule has 0 spiro atoms. The Morgan fingerprint density at radius 3 is 3.22 bits per heavy atom. The Balaban J connectivity index is 1.77. The van der Waals surface area contributed by atoms with Crippen molar-refractivity contribution in [3.8, 4) is 0 Å². The summed E-state index contributed by atoms with van der Waals surface area (Å²) < 4.78 is 18.4. The number of fused-ring (bicyclic) bond motifs is 1. The summed E-state index contributed by atoms with van der Waals surface area (Å²) in [6.45, 7) is 2.01. The molecule has 0 radical (unpaired) electrons. The molecule has 1 aromatic rings. The summed E-state index contributed by atoms with van der Waals surface area (Å²) in [6.07, 6.45) is 0.518. The van der Waals surface area contributed by atoms with E-state index in [0.717, 1.165) is 18.5 Å². The van der Waals surface area contributed by atoms with Gasteiger partial charge in [0.1, 0.15) is 11.9 Å². The number of ether oxygens (including phenoxy) is 1. The zero-order valence-electron chi connectivity index (χ0n) is 9.93. The fourth-order valence-electron chi connectivity index (χ4n) is 2.64. The van der Waals surface area contributed by atoms with Crippen molar-refractivity contribution in [2.24, 2.45) is 0 Å². The normalized spacial score (nSPS) is 26.9. The smallest absolute Gasteiger partial charge is 0.410 e. The maximum atomic E-state index is 13.1. The average Bonchev–Trinajstić information content (AvgIpc) is 2.66. The van der Waals surface area contributed by atoms with E-state index in [1.165, 1.54) is 12.1 Å². The Bertz CT molecular complexity index is 466. The highest BCUT2D eigenvalue weighted by Crippen LogP contribution is 2.26. The quantitative estimate of drug-likeness (QED) is 0.865. The molecule has 2 heterocycles. The number of hydrogen-bond donors (Lipinski definition) is 1. The number of benzene rings is 1. The van der Waals surface area contributed by atoms with Crippen LogP contribution in [0.1, 0.15) is 12.0 Å². The molecule has 4 nitrogen and oxygen atoms in total. The first-order valence-electron chi connectivity index (χ1n) is 6.16. The summed E-state index contributed by atoms with van der Waals surface area (Å²) in [5, 5.41) is 3.21. The maximum absolute atomic E-state index is 13.1. The van der Waals surface area contributed by atoms with Gasteiger partial charge in [0.15, 0.2) is 0 Å². The highest BCUT2D eigenvalue weighted by molar-refractivity contribution is 5.70. The third kappa shape index (κ3) is 2.06. The van der Waals surface area contributed by atoms with Gasteiger partial charge in [-0.3, -0.25) is 4.90 Å². The van der Waals surface area contributed by atoms with E-state index >= 15 is 0 Å². The second kappa shape index (κ2) is 4.57. The number of rotatable bonds is 2. The molecule has 2 aliphatic rings. The van der Waals surface area contributed by atoms with Crippen molar-refractivity contribution in [1.29, 1.82) is 0 Å². The first-order chi connectivity index (χ1) is 8.74. The second-order valence-corrected chi connectivity index (χ2v) is 4.74. The lowest BCUT2D eigenvalue weighted by atomic mass is 10.0. The molecule has 96 valence electrons. The Labute approximate surface area is 105 Å². The van der Waals surface area contributed by atoms with E-state index in [1.807, 2.05) is 6.07 Å². The molecule has 0 aliphatic carbocycles. The zero-order chi connectivity index (χ0) is 12.5. The molecular weight excluding hydrogens is 235 g/mol. The van der Waals surface area contributed by atoms with Gasteiger partial charge in [-0.05, 0) is 30.7 Å². The molecular formula is C13H15FN2O2. The third-order valence-corrected chi connectivity index (χ3v) is 3.52. The minimum atomic E-state index is -0.294. The molecule has 1 N–H and O–H groups in total. The van der Waals surface area contributed by atoms with E-state index in [1.54, 1.807) is 11.0 Å². The molecule has 2 fully saturated rings. The summed E-state index contributed by atoms with van der Waals surface area (Å²) in [4.78, 5) is 13.5. The van der Waals surface area contributed by atoms with Crippen LogP contribution in [0, 0.1) is 5.82 Å². The lowest BCUT2D eigenvalue weighted by Gasteiger charge is -2.28. The van der Waals surface area contributed by atoms with Gasteiger partial charge in [0.2, 0.25) is 0 Å². The van der Waals surface area contributed by atoms with Crippen molar-refractivity contribution in [3.63, 3.8) is 0 Å². The van der Waals surface area contributed by atoms with Gasteiger partial charge in [-0.2, -0.15) is 0 Å². The molecule has 0 bridgehead atoms. The molecule has 2 aliphatic heterocycles. The van der Waals surface area contributed by atoms with Gasteiger partial charge in [-0.15, -0.1) is 0 Å². The van der Waals surface area contributed by atoms with Crippen LogP contribution in [-0.2, 0) is 11.3 Å². The monoisotopic (exact) mass is 250 g/mol. The van der Waals surface area contributed by atoms with Crippen LogP contribution in [0.5, 0.6) is 0 Å². The minimum Gasteiger partial charge on any atom is -0.443 e. The van der Waals surface area contributed by atoms with E-state index in [0.29, 0.717) is 13.1 Å². The molecule has 2 atom stereocenters. The van der Waals surface area contributed by atoms with Crippen LogP contribution in [0.15, 0.2) is 24.3 Å².